The molecule has 27 heavy (non-hydrogen) atoms. The van der Waals surface area contributed by atoms with Crippen LogP contribution in [0.3, 0.4) is 0 Å². The molecule has 0 saturated heterocycles. The van der Waals surface area contributed by atoms with Gasteiger partial charge in [-0.1, -0.05) is 24.3 Å². The molecule has 0 spiro atoms. The second kappa shape index (κ2) is 7.28. The van der Waals surface area contributed by atoms with Gasteiger partial charge in [-0.25, -0.2) is 8.42 Å². The maximum Gasteiger partial charge on any atom is 0.256 e. The Hall–Kier alpha value is -2.45. The lowest BCUT2D eigenvalue weighted by Crippen LogP contribution is -2.40. The highest BCUT2D eigenvalue weighted by Gasteiger charge is 2.25. The lowest BCUT2D eigenvalue weighted by molar-refractivity contribution is -0.117. The molecule has 0 fully saturated rings. The first kappa shape index (κ1) is 17.9. The Morgan fingerprint density at radius 3 is 2.81 bits per heavy atom. The number of amidine groups is 1. The third-order valence-electron chi connectivity index (χ3n) is 5.01. The quantitative estimate of drug-likeness (QED) is 0.822. The van der Waals surface area contributed by atoms with Crippen molar-refractivity contribution in [3.8, 4) is 0 Å². The third-order valence-corrected chi connectivity index (χ3v) is 6.17. The molecule has 3 aliphatic rings. The average Bonchev–Trinajstić information content (AvgIpc) is 2.66. The first-order valence-electron chi connectivity index (χ1n) is 9.07. The van der Waals surface area contributed by atoms with E-state index in [1.807, 2.05) is 0 Å². The number of fused-ring (bicyclic) bond motifs is 2. The van der Waals surface area contributed by atoms with Gasteiger partial charge in [-0.05, 0) is 29.7 Å². The zero-order valence-corrected chi connectivity index (χ0v) is 15.8. The lowest BCUT2D eigenvalue weighted by Gasteiger charge is -2.29. The Bertz CT molecular complexity index is 949. The Morgan fingerprint density at radius 2 is 1.96 bits per heavy atom. The fourth-order valence-electron chi connectivity index (χ4n) is 3.51. The predicted molar refractivity (Wildman–Crippen MR) is 104 cm³/mol. The SMILES string of the molecule is O=C(NCCN1CCc2ccccc2C1)C1=CN2CCS(=O)(=O)N=C2C=C1. The highest BCUT2D eigenvalue weighted by Crippen LogP contribution is 2.18. The number of amides is 1. The minimum absolute atomic E-state index is 0.0355. The van der Waals surface area contributed by atoms with E-state index in [9.17, 15) is 13.2 Å². The largest absolute Gasteiger partial charge is 0.351 e. The number of hydrogen-bond donors (Lipinski definition) is 1. The molecule has 0 unspecified atom stereocenters. The summed E-state index contributed by atoms with van der Waals surface area (Å²) in [5, 5.41) is 2.95. The van der Waals surface area contributed by atoms with E-state index in [4.69, 9.17) is 0 Å². The van der Waals surface area contributed by atoms with E-state index in [0.717, 1.165) is 26.1 Å². The zero-order valence-electron chi connectivity index (χ0n) is 15.0. The van der Waals surface area contributed by atoms with Gasteiger partial charge in [-0.2, -0.15) is 0 Å². The minimum Gasteiger partial charge on any atom is -0.351 e. The average molecular weight is 386 g/mol. The zero-order chi connectivity index (χ0) is 18.9. The van der Waals surface area contributed by atoms with Crippen molar-refractivity contribution in [1.82, 2.24) is 15.1 Å². The lowest BCUT2D eigenvalue weighted by atomic mass is 10.00. The van der Waals surface area contributed by atoms with Gasteiger partial charge < -0.3 is 10.2 Å². The maximum absolute atomic E-state index is 12.4. The van der Waals surface area contributed by atoms with E-state index < -0.39 is 10.0 Å². The molecule has 1 N–H and O–H groups in total. The summed E-state index contributed by atoms with van der Waals surface area (Å²) in [5.41, 5.74) is 3.29. The fraction of sp³-hybridized carbons (Fsp3) is 0.368. The van der Waals surface area contributed by atoms with Crippen LogP contribution in [-0.4, -0.2) is 61.9 Å². The van der Waals surface area contributed by atoms with Gasteiger partial charge in [0, 0.05) is 38.9 Å². The summed E-state index contributed by atoms with van der Waals surface area (Å²) >= 11 is 0. The molecule has 1 aromatic carbocycles. The maximum atomic E-state index is 12.4. The van der Waals surface area contributed by atoms with E-state index >= 15 is 0 Å². The number of carbonyl (C=O) groups excluding carboxylic acids is 1. The predicted octanol–water partition coefficient (Wildman–Crippen LogP) is 0.658. The van der Waals surface area contributed by atoms with Crippen LogP contribution in [0.1, 0.15) is 11.1 Å². The minimum atomic E-state index is -3.38. The molecule has 0 aromatic heterocycles. The van der Waals surface area contributed by atoms with Crippen LogP contribution < -0.4 is 5.32 Å². The van der Waals surface area contributed by atoms with Crippen LogP contribution in [0.25, 0.3) is 0 Å². The van der Waals surface area contributed by atoms with Crippen molar-refractivity contribution in [2.75, 3.05) is 31.9 Å². The molecule has 0 atom stereocenters. The van der Waals surface area contributed by atoms with Crippen molar-refractivity contribution in [3.63, 3.8) is 0 Å². The number of benzene rings is 1. The monoisotopic (exact) mass is 386 g/mol. The van der Waals surface area contributed by atoms with Crippen LogP contribution in [-0.2, 0) is 27.8 Å². The molecule has 0 radical (unpaired) electrons. The fourth-order valence-corrected chi connectivity index (χ4v) is 4.48. The number of nitrogens with one attached hydrogen (secondary N) is 1. The molecular weight excluding hydrogens is 364 g/mol. The van der Waals surface area contributed by atoms with Gasteiger partial charge in [-0.3, -0.25) is 9.69 Å². The second-order valence-corrected chi connectivity index (χ2v) is 8.65. The van der Waals surface area contributed by atoms with Crippen LogP contribution in [0.5, 0.6) is 0 Å². The van der Waals surface area contributed by atoms with Crippen molar-refractivity contribution >= 4 is 21.8 Å². The molecule has 8 heteroatoms. The summed E-state index contributed by atoms with van der Waals surface area (Å²) < 4.78 is 26.8. The summed E-state index contributed by atoms with van der Waals surface area (Å²) in [6.07, 6.45) is 5.90. The molecule has 1 aromatic rings. The van der Waals surface area contributed by atoms with E-state index in [2.05, 4.69) is 38.9 Å². The van der Waals surface area contributed by atoms with Crippen molar-refractivity contribution in [2.45, 2.75) is 13.0 Å². The molecule has 0 bridgehead atoms. The summed E-state index contributed by atoms with van der Waals surface area (Å²) in [5.74, 6) is 0.174. The topological polar surface area (TPSA) is 82.1 Å². The Kier molecular flexibility index (Phi) is 4.84. The molecular formula is C19H22N4O3S. The van der Waals surface area contributed by atoms with E-state index in [0.29, 0.717) is 24.5 Å². The normalized spacial score (nSPS) is 21.0. The van der Waals surface area contributed by atoms with Crippen LogP contribution in [0.15, 0.2) is 52.6 Å². The second-order valence-electron chi connectivity index (χ2n) is 6.90. The Balaban J connectivity index is 1.30. The molecule has 4 rings (SSSR count). The third kappa shape index (κ3) is 4.12. The highest BCUT2D eigenvalue weighted by atomic mass is 32.2. The van der Waals surface area contributed by atoms with Crippen molar-refractivity contribution in [3.05, 3.63) is 59.3 Å². The smallest absolute Gasteiger partial charge is 0.256 e. The van der Waals surface area contributed by atoms with Gasteiger partial charge in [0.2, 0.25) is 0 Å². The number of rotatable bonds is 4. The highest BCUT2D eigenvalue weighted by molar-refractivity contribution is 7.90. The van der Waals surface area contributed by atoms with E-state index in [-0.39, 0.29) is 11.7 Å². The van der Waals surface area contributed by atoms with Crippen LogP contribution >= 0.6 is 0 Å². The van der Waals surface area contributed by atoms with Crippen molar-refractivity contribution in [1.29, 1.82) is 0 Å². The van der Waals surface area contributed by atoms with Crippen molar-refractivity contribution in [2.24, 2.45) is 4.40 Å². The molecule has 1 amide bonds. The standard InChI is InChI=1S/C19H22N4O3S/c24-19(17-5-6-18-21-27(25,26)12-11-23(18)14-17)20-8-10-22-9-7-15-3-1-2-4-16(15)13-22/h1-6,14H,7-13H2,(H,20,24). The molecule has 3 heterocycles. The van der Waals surface area contributed by atoms with Gasteiger partial charge in [0.05, 0.1) is 11.3 Å². The number of nitrogens with zero attached hydrogens (tertiary/aromatic N) is 3. The first-order chi connectivity index (χ1) is 13.0. The summed E-state index contributed by atoms with van der Waals surface area (Å²) in [6, 6.07) is 8.48. The molecule has 142 valence electrons. The molecule has 3 aliphatic heterocycles. The van der Waals surface area contributed by atoms with Crippen molar-refractivity contribution < 1.29 is 13.2 Å². The molecule has 0 aliphatic carbocycles. The molecule has 0 saturated carbocycles. The first-order valence-corrected chi connectivity index (χ1v) is 10.7. The van der Waals surface area contributed by atoms with E-state index in [1.54, 1.807) is 23.3 Å². The van der Waals surface area contributed by atoms with Gasteiger partial charge in [0.25, 0.3) is 15.9 Å². The van der Waals surface area contributed by atoms with Gasteiger partial charge in [-0.15, -0.1) is 4.40 Å². The Labute approximate surface area is 159 Å². The van der Waals surface area contributed by atoms with Gasteiger partial charge in [0.15, 0.2) is 0 Å². The Morgan fingerprint density at radius 1 is 1.15 bits per heavy atom. The van der Waals surface area contributed by atoms with Crippen LogP contribution in [0.2, 0.25) is 0 Å². The van der Waals surface area contributed by atoms with Crippen LogP contribution in [0.4, 0.5) is 0 Å². The van der Waals surface area contributed by atoms with Gasteiger partial charge >= 0.3 is 0 Å². The molecule has 7 nitrogen and oxygen atoms in total. The van der Waals surface area contributed by atoms with E-state index in [1.165, 1.54) is 11.1 Å². The number of hydrogen-bond acceptors (Lipinski definition) is 5. The van der Waals surface area contributed by atoms with Crippen LogP contribution in [0, 0.1) is 0 Å². The summed E-state index contributed by atoms with van der Waals surface area (Å²) in [7, 11) is -3.38. The van der Waals surface area contributed by atoms with Gasteiger partial charge in [0.1, 0.15) is 5.84 Å². The number of sulfonamides is 1. The summed E-state index contributed by atoms with van der Waals surface area (Å²) in [6.45, 7) is 3.59. The summed E-state index contributed by atoms with van der Waals surface area (Å²) in [4.78, 5) is 16.5. The number of carbonyl (C=O) groups is 1.